The minimum absolute atomic E-state index is 0.0259. The Morgan fingerprint density at radius 3 is 2.61 bits per heavy atom. The molecular formula is C17H14ClF4N7O2. The van der Waals surface area contributed by atoms with Crippen molar-refractivity contribution >= 4 is 23.3 Å². The molecule has 9 nitrogen and oxygen atoms in total. The quantitative estimate of drug-likeness (QED) is 0.520. The molecule has 0 aliphatic carbocycles. The molecule has 0 fully saturated rings. The molecular weight excluding hydrogens is 446 g/mol. The summed E-state index contributed by atoms with van der Waals surface area (Å²) >= 11 is 5.71. The summed E-state index contributed by atoms with van der Waals surface area (Å²) in [6, 6.07) is 3.49. The van der Waals surface area contributed by atoms with Gasteiger partial charge in [-0.05, 0) is 25.1 Å². The lowest BCUT2D eigenvalue weighted by Crippen LogP contribution is -2.34. The second-order valence-corrected chi connectivity index (χ2v) is 6.42. The molecule has 14 heteroatoms. The second-order valence-electron chi connectivity index (χ2n) is 6.01. The highest BCUT2D eigenvalue weighted by Crippen LogP contribution is 2.34. The van der Waals surface area contributed by atoms with E-state index < -0.39 is 30.4 Å². The van der Waals surface area contributed by atoms with Crippen molar-refractivity contribution in [2.45, 2.75) is 25.5 Å². The lowest BCUT2D eigenvalue weighted by molar-refractivity contribution is -0.253. The lowest BCUT2D eigenvalue weighted by atomic mass is 10.3. The molecule has 2 heterocycles. The molecule has 0 aliphatic rings. The molecule has 0 aliphatic heterocycles. The molecule has 31 heavy (non-hydrogen) atoms. The zero-order valence-corrected chi connectivity index (χ0v) is 16.4. The molecule has 0 saturated heterocycles. The van der Waals surface area contributed by atoms with Crippen LogP contribution in [0.3, 0.4) is 0 Å². The summed E-state index contributed by atoms with van der Waals surface area (Å²) in [6.45, 7) is 1.61. The van der Waals surface area contributed by atoms with Crippen molar-refractivity contribution in [1.82, 2.24) is 30.0 Å². The van der Waals surface area contributed by atoms with E-state index in [9.17, 15) is 22.4 Å². The number of nitrogens with zero attached hydrogens (tertiary/aromatic N) is 5. The Hall–Kier alpha value is -3.48. The molecule has 1 atom stereocenters. The standard InChI is InChI=1S/C17H14ClF4N7O2/c1-9(13-25-8-26-29(13)15-23-5-2-6-24-15)27-16(30)28-10-3-4-11(18)12(7-10)31-17(21,22)14(19)20/h2-9,14H,1H3,(H2,27,28,30)/t9-/m0/s1. The number of urea groups is 1. The number of anilines is 1. The van der Waals surface area contributed by atoms with Gasteiger partial charge in [0.05, 0.1) is 11.1 Å². The minimum Gasteiger partial charge on any atom is -0.427 e. The van der Waals surface area contributed by atoms with Gasteiger partial charge in [0.15, 0.2) is 5.82 Å². The van der Waals surface area contributed by atoms with Crippen LogP contribution in [-0.4, -0.2) is 43.3 Å². The molecule has 3 rings (SSSR count). The number of hydrogen-bond acceptors (Lipinski definition) is 6. The first kappa shape index (κ1) is 22.2. The van der Waals surface area contributed by atoms with Crippen LogP contribution in [-0.2, 0) is 0 Å². The summed E-state index contributed by atoms with van der Waals surface area (Å²) in [7, 11) is 0. The zero-order valence-electron chi connectivity index (χ0n) is 15.6. The molecule has 0 spiro atoms. The molecule has 164 valence electrons. The molecule has 3 aromatic rings. The predicted octanol–water partition coefficient (Wildman–Crippen LogP) is 3.83. The van der Waals surface area contributed by atoms with Gasteiger partial charge in [-0.1, -0.05) is 11.6 Å². The number of ether oxygens (including phenoxy) is 1. The van der Waals surface area contributed by atoms with Crippen LogP contribution in [0.2, 0.25) is 5.02 Å². The van der Waals surface area contributed by atoms with Crippen LogP contribution in [0.15, 0.2) is 43.0 Å². The maximum Gasteiger partial charge on any atom is 0.461 e. The summed E-state index contributed by atoms with van der Waals surface area (Å²) in [5.41, 5.74) is -0.0259. The summed E-state index contributed by atoms with van der Waals surface area (Å²) < 4.78 is 56.3. The van der Waals surface area contributed by atoms with Crippen LogP contribution < -0.4 is 15.4 Å². The van der Waals surface area contributed by atoms with Crippen LogP contribution in [0.25, 0.3) is 5.95 Å². The average molecular weight is 460 g/mol. The van der Waals surface area contributed by atoms with Crippen molar-refractivity contribution in [2.75, 3.05) is 5.32 Å². The maximum absolute atomic E-state index is 13.2. The number of aromatic nitrogens is 5. The van der Waals surface area contributed by atoms with Gasteiger partial charge in [0, 0.05) is 24.1 Å². The van der Waals surface area contributed by atoms with Gasteiger partial charge >= 0.3 is 18.6 Å². The highest BCUT2D eigenvalue weighted by Gasteiger charge is 2.44. The van der Waals surface area contributed by atoms with Crippen molar-refractivity contribution in [3.8, 4) is 11.7 Å². The third-order valence-corrected chi connectivity index (χ3v) is 4.05. The third-order valence-electron chi connectivity index (χ3n) is 3.74. The fourth-order valence-corrected chi connectivity index (χ4v) is 2.54. The van der Waals surface area contributed by atoms with Crippen molar-refractivity contribution < 1.29 is 27.1 Å². The van der Waals surface area contributed by atoms with Crippen LogP contribution in [0, 0.1) is 0 Å². The van der Waals surface area contributed by atoms with Gasteiger partial charge in [-0.15, -0.1) is 0 Å². The molecule has 0 radical (unpaired) electrons. The van der Waals surface area contributed by atoms with E-state index in [0.29, 0.717) is 5.82 Å². The average Bonchev–Trinajstić information content (AvgIpc) is 3.21. The van der Waals surface area contributed by atoms with Crippen molar-refractivity contribution in [3.63, 3.8) is 0 Å². The monoisotopic (exact) mass is 459 g/mol. The van der Waals surface area contributed by atoms with E-state index in [1.54, 1.807) is 13.0 Å². The number of amides is 2. The largest absolute Gasteiger partial charge is 0.461 e. The molecule has 2 N–H and O–H groups in total. The predicted molar refractivity (Wildman–Crippen MR) is 101 cm³/mol. The molecule has 0 unspecified atom stereocenters. The summed E-state index contributed by atoms with van der Waals surface area (Å²) in [5, 5.41) is 8.61. The highest BCUT2D eigenvalue weighted by molar-refractivity contribution is 6.32. The maximum atomic E-state index is 13.2. The highest BCUT2D eigenvalue weighted by atomic mass is 35.5. The summed E-state index contributed by atoms with van der Waals surface area (Å²) in [6.07, 6.45) is -4.53. The van der Waals surface area contributed by atoms with Crippen LogP contribution in [0.4, 0.5) is 28.0 Å². The van der Waals surface area contributed by atoms with Crippen LogP contribution in [0.1, 0.15) is 18.8 Å². The van der Waals surface area contributed by atoms with Gasteiger partial charge in [-0.25, -0.2) is 19.7 Å². The molecule has 0 saturated carbocycles. The zero-order chi connectivity index (χ0) is 22.6. The molecule has 1 aromatic carbocycles. The van der Waals surface area contributed by atoms with Gasteiger partial charge < -0.3 is 15.4 Å². The van der Waals surface area contributed by atoms with Crippen molar-refractivity contribution in [2.24, 2.45) is 0 Å². The Morgan fingerprint density at radius 1 is 1.23 bits per heavy atom. The van der Waals surface area contributed by atoms with Crippen LogP contribution >= 0.6 is 11.6 Å². The van der Waals surface area contributed by atoms with E-state index in [1.165, 1.54) is 29.5 Å². The Labute approximate surface area is 177 Å². The first-order valence-electron chi connectivity index (χ1n) is 8.56. The molecule has 0 bridgehead atoms. The normalized spacial score (nSPS) is 12.5. The Bertz CT molecular complexity index is 1050. The number of benzene rings is 1. The SMILES string of the molecule is C[C@H](NC(=O)Nc1ccc(Cl)c(OC(F)(F)C(F)F)c1)c1ncnn1-c1ncccn1. The first-order valence-corrected chi connectivity index (χ1v) is 8.94. The third kappa shape index (κ3) is 5.36. The minimum atomic E-state index is -4.75. The van der Waals surface area contributed by atoms with Gasteiger partial charge in [-0.3, -0.25) is 0 Å². The first-order chi connectivity index (χ1) is 14.7. The van der Waals surface area contributed by atoms with E-state index in [0.717, 1.165) is 12.1 Å². The number of carbonyl (C=O) groups excluding carboxylic acids is 1. The van der Waals surface area contributed by atoms with Gasteiger partial charge in [0.25, 0.3) is 5.95 Å². The topological polar surface area (TPSA) is 107 Å². The number of alkyl halides is 4. The lowest BCUT2D eigenvalue weighted by Gasteiger charge is -2.19. The Balaban J connectivity index is 1.69. The van der Waals surface area contributed by atoms with Gasteiger partial charge in [0.2, 0.25) is 0 Å². The van der Waals surface area contributed by atoms with Gasteiger partial charge in [0.1, 0.15) is 12.1 Å². The smallest absolute Gasteiger partial charge is 0.427 e. The van der Waals surface area contributed by atoms with E-state index in [-0.39, 0.29) is 16.7 Å². The van der Waals surface area contributed by atoms with Gasteiger partial charge in [-0.2, -0.15) is 27.3 Å². The van der Waals surface area contributed by atoms with E-state index in [1.807, 2.05) is 0 Å². The van der Waals surface area contributed by atoms with Crippen molar-refractivity contribution in [1.29, 1.82) is 0 Å². The fraction of sp³-hybridized carbons (Fsp3) is 0.235. The van der Waals surface area contributed by atoms with E-state index in [4.69, 9.17) is 11.6 Å². The number of rotatable bonds is 7. The Kier molecular flexibility index (Phi) is 6.53. The molecule has 2 amide bonds. The number of carbonyl (C=O) groups is 1. The number of nitrogens with one attached hydrogen (secondary N) is 2. The van der Waals surface area contributed by atoms with Crippen LogP contribution in [0.5, 0.6) is 5.75 Å². The van der Waals surface area contributed by atoms with Crippen molar-refractivity contribution in [3.05, 3.63) is 53.8 Å². The fourth-order valence-electron chi connectivity index (χ4n) is 2.38. The second kappa shape index (κ2) is 9.12. The summed E-state index contributed by atoms with van der Waals surface area (Å²) in [5.74, 6) is -0.166. The summed E-state index contributed by atoms with van der Waals surface area (Å²) in [4.78, 5) is 24.5. The van der Waals surface area contributed by atoms with E-state index in [2.05, 4.69) is 35.4 Å². The number of halogens is 5. The number of hydrogen-bond donors (Lipinski definition) is 2. The molecule has 2 aromatic heterocycles. The Morgan fingerprint density at radius 2 is 1.94 bits per heavy atom. The van der Waals surface area contributed by atoms with E-state index >= 15 is 0 Å².